The fourth-order valence-electron chi connectivity index (χ4n) is 1.90. The molecule has 0 fully saturated rings. The topological polar surface area (TPSA) is 56.5 Å². The zero-order valence-electron chi connectivity index (χ0n) is 11.1. The van der Waals surface area contributed by atoms with E-state index in [9.17, 15) is 0 Å². The van der Waals surface area contributed by atoms with E-state index in [-0.39, 0.29) is 0 Å². The Labute approximate surface area is 121 Å². The first-order valence-electron chi connectivity index (χ1n) is 6.09. The Balaban J connectivity index is 2.11. The van der Waals surface area contributed by atoms with Crippen molar-refractivity contribution < 1.29 is 0 Å². The van der Waals surface area contributed by atoms with Crippen LogP contribution in [0.5, 0.6) is 0 Å². The van der Waals surface area contributed by atoms with E-state index in [1.165, 1.54) is 0 Å². The Bertz CT molecular complexity index is 766. The van der Waals surface area contributed by atoms with Gasteiger partial charge >= 0.3 is 0 Å². The zero-order valence-corrected chi connectivity index (χ0v) is 11.8. The molecular formula is C14H12ClN5. The third kappa shape index (κ3) is 2.53. The van der Waals surface area contributed by atoms with Gasteiger partial charge in [-0.1, -0.05) is 17.7 Å². The van der Waals surface area contributed by atoms with Crippen molar-refractivity contribution in [2.75, 3.05) is 0 Å². The molecule has 0 aromatic carbocycles. The maximum absolute atomic E-state index is 6.09. The molecule has 0 bridgehead atoms. The molecule has 20 heavy (non-hydrogen) atoms. The standard InChI is InChI=1S/C14H12ClN5/c1-9-4-3-5-11(17-9)14-18-12(6-13(15)19-14)10-7-16-20(2)8-10/h3-8H,1-2H3. The monoisotopic (exact) mass is 285 g/mol. The fourth-order valence-corrected chi connectivity index (χ4v) is 2.08. The molecule has 5 nitrogen and oxygen atoms in total. The van der Waals surface area contributed by atoms with Gasteiger partial charge in [-0.05, 0) is 19.1 Å². The van der Waals surface area contributed by atoms with Gasteiger partial charge in [0.15, 0.2) is 5.82 Å². The minimum Gasteiger partial charge on any atom is -0.275 e. The van der Waals surface area contributed by atoms with Gasteiger partial charge in [0, 0.05) is 30.6 Å². The van der Waals surface area contributed by atoms with Crippen LogP contribution in [0.1, 0.15) is 5.69 Å². The Morgan fingerprint density at radius 3 is 2.65 bits per heavy atom. The molecule has 0 aliphatic carbocycles. The molecule has 3 rings (SSSR count). The normalized spacial score (nSPS) is 10.8. The summed E-state index contributed by atoms with van der Waals surface area (Å²) in [7, 11) is 1.86. The first-order chi connectivity index (χ1) is 9.61. The number of aryl methyl sites for hydroxylation is 2. The van der Waals surface area contributed by atoms with E-state index < -0.39 is 0 Å². The zero-order chi connectivity index (χ0) is 14.1. The quantitative estimate of drug-likeness (QED) is 0.679. The average molecular weight is 286 g/mol. The van der Waals surface area contributed by atoms with Crippen molar-refractivity contribution in [2.24, 2.45) is 7.05 Å². The maximum atomic E-state index is 6.09. The fraction of sp³-hybridized carbons (Fsp3) is 0.143. The summed E-state index contributed by atoms with van der Waals surface area (Å²) in [6.07, 6.45) is 3.62. The van der Waals surface area contributed by atoms with Crippen LogP contribution in [0.2, 0.25) is 5.15 Å². The summed E-state index contributed by atoms with van der Waals surface area (Å²) in [6.45, 7) is 1.93. The highest BCUT2D eigenvalue weighted by Gasteiger charge is 2.10. The second kappa shape index (κ2) is 5.02. The summed E-state index contributed by atoms with van der Waals surface area (Å²) < 4.78 is 1.72. The summed E-state index contributed by atoms with van der Waals surface area (Å²) in [5.74, 6) is 0.514. The third-order valence-electron chi connectivity index (χ3n) is 2.81. The summed E-state index contributed by atoms with van der Waals surface area (Å²) in [5.41, 5.74) is 3.24. The van der Waals surface area contributed by atoms with Crippen LogP contribution in [-0.2, 0) is 7.05 Å². The number of aromatic nitrogens is 5. The van der Waals surface area contributed by atoms with Crippen LogP contribution in [0.4, 0.5) is 0 Å². The molecule has 0 amide bonds. The van der Waals surface area contributed by atoms with Crippen molar-refractivity contribution in [1.29, 1.82) is 0 Å². The van der Waals surface area contributed by atoms with Crippen LogP contribution in [0, 0.1) is 6.92 Å². The minimum absolute atomic E-state index is 0.386. The lowest BCUT2D eigenvalue weighted by molar-refractivity contribution is 0.768. The minimum atomic E-state index is 0.386. The van der Waals surface area contributed by atoms with E-state index in [0.717, 1.165) is 17.0 Å². The molecule has 3 aromatic rings. The molecule has 100 valence electrons. The highest BCUT2D eigenvalue weighted by molar-refractivity contribution is 6.29. The summed E-state index contributed by atoms with van der Waals surface area (Å²) in [5, 5.41) is 4.52. The Hall–Kier alpha value is -2.27. The van der Waals surface area contributed by atoms with Gasteiger partial charge in [-0.2, -0.15) is 5.10 Å². The molecule has 0 spiro atoms. The predicted octanol–water partition coefficient (Wildman–Crippen LogP) is 2.90. The number of pyridine rings is 1. The molecule has 3 heterocycles. The lowest BCUT2D eigenvalue weighted by Crippen LogP contribution is -1.95. The van der Waals surface area contributed by atoms with Crippen LogP contribution < -0.4 is 0 Å². The van der Waals surface area contributed by atoms with Crippen molar-refractivity contribution in [3.05, 3.63) is 47.5 Å². The third-order valence-corrected chi connectivity index (χ3v) is 3.01. The number of hydrogen-bond acceptors (Lipinski definition) is 4. The second-order valence-corrected chi connectivity index (χ2v) is 4.85. The summed E-state index contributed by atoms with van der Waals surface area (Å²) in [4.78, 5) is 13.2. The van der Waals surface area contributed by atoms with Crippen molar-refractivity contribution >= 4 is 11.6 Å². The molecule has 0 saturated carbocycles. The van der Waals surface area contributed by atoms with Crippen molar-refractivity contribution in [3.63, 3.8) is 0 Å². The van der Waals surface area contributed by atoms with Gasteiger partial charge in [-0.15, -0.1) is 0 Å². The van der Waals surface area contributed by atoms with Crippen molar-refractivity contribution in [1.82, 2.24) is 24.7 Å². The number of rotatable bonds is 2. The first kappa shape index (κ1) is 12.7. The molecule has 0 aliphatic heterocycles. The Kier molecular flexibility index (Phi) is 3.20. The SMILES string of the molecule is Cc1cccc(-c2nc(Cl)cc(-c3cnn(C)c3)n2)n1. The average Bonchev–Trinajstić information content (AvgIpc) is 2.85. The Morgan fingerprint density at radius 2 is 1.95 bits per heavy atom. The molecule has 0 N–H and O–H groups in total. The van der Waals surface area contributed by atoms with Crippen LogP contribution in [0.3, 0.4) is 0 Å². The number of halogens is 1. The van der Waals surface area contributed by atoms with Gasteiger partial charge in [0.2, 0.25) is 0 Å². The van der Waals surface area contributed by atoms with Gasteiger partial charge < -0.3 is 0 Å². The van der Waals surface area contributed by atoms with E-state index in [4.69, 9.17) is 11.6 Å². The molecule has 0 saturated heterocycles. The lowest BCUT2D eigenvalue weighted by atomic mass is 10.2. The lowest BCUT2D eigenvalue weighted by Gasteiger charge is -2.04. The van der Waals surface area contributed by atoms with E-state index in [0.29, 0.717) is 16.7 Å². The van der Waals surface area contributed by atoms with E-state index >= 15 is 0 Å². The molecule has 0 unspecified atom stereocenters. The molecule has 0 atom stereocenters. The van der Waals surface area contributed by atoms with Crippen LogP contribution in [0.15, 0.2) is 36.7 Å². The highest BCUT2D eigenvalue weighted by atomic mass is 35.5. The van der Waals surface area contributed by atoms with E-state index in [1.807, 2.05) is 38.4 Å². The van der Waals surface area contributed by atoms with Crippen LogP contribution in [-0.4, -0.2) is 24.7 Å². The van der Waals surface area contributed by atoms with Gasteiger partial charge in [-0.3, -0.25) is 4.68 Å². The molecule has 0 radical (unpaired) electrons. The molecule has 0 aliphatic rings. The second-order valence-electron chi connectivity index (χ2n) is 4.47. The smallest absolute Gasteiger partial charge is 0.180 e. The molecular weight excluding hydrogens is 274 g/mol. The van der Waals surface area contributed by atoms with Crippen LogP contribution >= 0.6 is 11.6 Å². The summed E-state index contributed by atoms with van der Waals surface area (Å²) in [6, 6.07) is 7.44. The van der Waals surface area contributed by atoms with Gasteiger partial charge in [-0.25, -0.2) is 15.0 Å². The number of hydrogen-bond donors (Lipinski definition) is 0. The first-order valence-corrected chi connectivity index (χ1v) is 6.47. The molecule has 6 heteroatoms. The van der Waals surface area contributed by atoms with E-state index in [2.05, 4.69) is 20.1 Å². The summed E-state index contributed by atoms with van der Waals surface area (Å²) >= 11 is 6.09. The van der Waals surface area contributed by atoms with Crippen molar-refractivity contribution in [2.45, 2.75) is 6.92 Å². The van der Waals surface area contributed by atoms with Gasteiger partial charge in [0.05, 0.1) is 11.9 Å². The van der Waals surface area contributed by atoms with Gasteiger partial charge in [0.1, 0.15) is 10.8 Å². The van der Waals surface area contributed by atoms with Gasteiger partial charge in [0.25, 0.3) is 0 Å². The van der Waals surface area contributed by atoms with Crippen molar-refractivity contribution in [3.8, 4) is 22.8 Å². The highest BCUT2D eigenvalue weighted by Crippen LogP contribution is 2.23. The number of nitrogens with zero attached hydrogens (tertiary/aromatic N) is 5. The van der Waals surface area contributed by atoms with Crippen LogP contribution in [0.25, 0.3) is 22.8 Å². The predicted molar refractivity (Wildman–Crippen MR) is 77.2 cm³/mol. The van der Waals surface area contributed by atoms with E-state index in [1.54, 1.807) is 16.9 Å². The molecule has 3 aromatic heterocycles. The maximum Gasteiger partial charge on any atom is 0.180 e. The Morgan fingerprint density at radius 1 is 1.10 bits per heavy atom. The largest absolute Gasteiger partial charge is 0.275 e.